The Morgan fingerprint density at radius 1 is 1.25 bits per heavy atom. The quantitative estimate of drug-likeness (QED) is 0.795. The molecule has 0 aromatic carbocycles. The van der Waals surface area contributed by atoms with Gasteiger partial charge in [-0.2, -0.15) is 5.26 Å². The van der Waals surface area contributed by atoms with E-state index in [1.54, 1.807) is 0 Å². The van der Waals surface area contributed by atoms with Crippen molar-refractivity contribution in [1.29, 1.82) is 5.26 Å². The second-order valence-electron chi connectivity index (χ2n) is 6.14. The van der Waals surface area contributed by atoms with Crippen molar-refractivity contribution in [2.45, 2.75) is 59.4 Å². The molecular weight excluding hydrogens is 196 g/mol. The molecule has 1 saturated carbocycles. The van der Waals surface area contributed by atoms with Crippen molar-refractivity contribution in [3.8, 4) is 6.07 Å². The maximum atomic E-state index is 9.12. The van der Waals surface area contributed by atoms with Crippen LogP contribution >= 0.6 is 0 Å². The molecule has 1 aliphatic carbocycles. The predicted octanol–water partition coefficient (Wildman–Crippen LogP) is 3.34. The minimum atomic E-state index is 0.0749. The van der Waals surface area contributed by atoms with E-state index in [0.29, 0.717) is 11.3 Å². The number of hydrogen-bond donors (Lipinski definition) is 1. The zero-order valence-electron chi connectivity index (χ0n) is 11.2. The summed E-state index contributed by atoms with van der Waals surface area (Å²) < 4.78 is 0. The molecule has 0 amide bonds. The number of nitrogens with one attached hydrogen (secondary N) is 1. The molecule has 0 heterocycles. The van der Waals surface area contributed by atoms with Gasteiger partial charge in [0.1, 0.15) is 0 Å². The Bertz CT molecular complexity index is 238. The molecule has 1 N–H and O–H groups in total. The van der Waals surface area contributed by atoms with Crippen LogP contribution in [-0.4, -0.2) is 12.6 Å². The van der Waals surface area contributed by atoms with Crippen LogP contribution in [0.5, 0.6) is 0 Å². The van der Waals surface area contributed by atoms with Gasteiger partial charge in [-0.25, -0.2) is 0 Å². The van der Waals surface area contributed by atoms with Crippen LogP contribution in [0.3, 0.4) is 0 Å². The van der Waals surface area contributed by atoms with Crippen LogP contribution < -0.4 is 5.32 Å². The average molecular weight is 222 g/mol. The average Bonchev–Trinajstić information content (AvgIpc) is 2.25. The minimum absolute atomic E-state index is 0.0749. The summed E-state index contributed by atoms with van der Waals surface area (Å²) >= 11 is 0. The molecule has 1 unspecified atom stereocenters. The Morgan fingerprint density at radius 2 is 1.81 bits per heavy atom. The van der Waals surface area contributed by atoms with E-state index in [1.807, 2.05) is 0 Å². The van der Waals surface area contributed by atoms with Gasteiger partial charge in [0, 0.05) is 0 Å². The summed E-state index contributed by atoms with van der Waals surface area (Å²) in [5, 5.41) is 12.4. The third-order valence-corrected chi connectivity index (χ3v) is 4.03. The fraction of sp³-hybridized carbons (Fsp3) is 0.929. The van der Waals surface area contributed by atoms with Crippen LogP contribution in [-0.2, 0) is 0 Å². The van der Waals surface area contributed by atoms with Crippen molar-refractivity contribution in [2.24, 2.45) is 17.3 Å². The van der Waals surface area contributed by atoms with Crippen LogP contribution in [0.1, 0.15) is 53.4 Å². The van der Waals surface area contributed by atoms with Crippen molar-refractivity contribution >= 4 is 0 Å². The lowest BCUT2D eigenvalue weighted by Crippen LogP contribution is -2.38. The fourth-order valence-corrected chi connectivity index (χ4v) is 2.86. The van der Waals surface area contributed by atoms with Crippen LogP contribution in [0.4, 0.5) is 0 Å². The van der Waals surface area contributed by atoms with Crippen molar-refractivity contribution < 1.29 is 0 Å². The smallest absolute Gasteiger partial charge is 0.0981 e. The third-order valence-electron chi connectivity index (χ3n) is 4.03. The highest BCUT2D eigenvalue weighted by Gasteiger charge is 2.32. The van der Waals surface area contributed by atoms with Crippen LogP contribution in [0, 0.1) is 28.6 Å². The zero-order chi connectivity index (χ0) is 12.2. The first kappa shape index (κ1) is 13.5. The zero-order valence-corrected chi connectivity index (χ0v) is 11.2. The number of nitrogens with zero attached hydrogens (tertiary/aromatic N) is 1. The molecule has 0 aromatic rings. The number of hydrogen-bond acceptors (Lipinski definition) is 2. The van der Waals surface area contributed by atoms with Gasteiger partial charge in [-0.05, 0) is 49.5 Å². The lowest BCUT2D eigenvalue weighted by molar-refractivity contribution is 0.141. The Morgan fingerprint density at radius 3 is 2.19 bits per heavy atom. The molecule has 1 aliphatic rings. The molecule has 2 nitrogen and oxygen atoms in total. The molecule has 0 spiro atoms. The largest absolute Gasteiger partial charge is 0.302 e. The molecule has 0 radical (unpaired) electrons. The van der Waals surface area contributed by atoms with E-state index in [0.717, 1.165) is 12.5 Å². The van der Waals surface area contributed by atoms with E-state index < -0.39 is 0 Å². The van der Waals surface area contributed by atoms with E-state index >= 15 is 0 Å². The summed E-state index contributed by atoms with van der Waals surface area (Å²) in [7, 11) is 0. The summed E-state index contributed by atoms with van der Waals surface area (Å²) in [5.74, 6) is 1.41. The summed E-state index contributed by atoms with van der Waals surface area (Å²) in [6, 6.07) is 2.49. The van der Waals surface area contributed by atoms with Crippen LogP contribution in [0.15, 0.2) is 0 Å². The molecule has 16 heavy (non-hydrogen) atoms. The molecular formula is C14H26N2. The predicted molar refractivity (Wildman–Crippen MR) is 68.0 cm³/mol. The normalized spacial score (nSPS) is 28.4. The van der Waals surface area contributed by atoms with Crippen molar-refractivity contribution in [1.82, 2.24) is 5.32 Å². The van der Waals surface area contributed by atoms with Gasteiger partial charge in [0.15, 0.2) is 0 Å². The van der Waals surface area contributed by atoms with E-state index in [4.69, 9.17) is 5.26 Å². The second-order valence-corrected chi connectivity index (χ2v) is 6.14. The topological polar surface area (TPSA) is 35.8 Å². The first-order valence-electron chi connectivity index (χ1n) is 6.62. The minimum Gasteiger partial charge on any atom is -0.302 e. The molecule has 0 aliphatic heterocycles. The summed E-state index contributed by atoms with van der Waals surface area (Å²) in [4.78, 5) is 0. The third kappa shape index (κ3) is 3.49. The van der Waals surface area contributed by atoms with Gasteiger partial charge in [-0.15, -0.1) is 0 Å². The first-order chi connectivity index (χ1) is 7.49. The van der Waals surface area contributed by atoms with Gasteiger partial charge in [-0.1, -0.05) is 27.7 Å². The lowest BCUT2D eigenvalue weighted by atomic mass is 9.68. The molecule has 0 bridgehead atoms. The number of nitriles is 1. The highest BCUT2D eigenvalue weighted by molar-refractivity contribution is 4.97. The molecule has 1 fully saturated rings. The Kier molecular flexibility index (Phi) is 4.80. The van der Waals surface area contributed by atoms with Crippen molar-refractivity contribution in [3.05, 3.63) is 0 Å². The number of rotatable bonds is 3. The van der Waals surface area contributed by atoms with E-state index in [9.17, 15) is 0 Å². The van der Waals surface area contributed by atoms with Gasteiger partial charge in [-0.3, -0.25) is 0 Å². The van der Waals surface area contributed by atoms with Crippen molar-refractivity contribution in [3.63, 3.8) is 0 Å². The molecule has 92 valence electrons. The van der Waals surface area contributed by atoms with E-state index in [1.165, 1.54) is 25.7 Å². The van der Waals surface area contributed by atoms with Gasteiger partial charge in [0.05, 0.1) is 12.1 Å². The van der Waals surface area contributed by atoms with Crippen molar-refractivity contribution in [2.75, 3.05) is 6.54 Å². The summed E-state index contributed by atoms with van der Waals surface area (Å²) in [6.07, 6.45) is 5.01. The summed E-state index contributed by atoms with van der Waals surface area (Å²) in [6.45, 7) is 9.99. The highest BCUT2D eigenvalue weighted by Crippen LogP contribution is 2.40. The summed E-state index contributed by atoms with van der Waals surface area (Å²) in [5.41, 5.74) is 0.436. The van der Waals surface area contributed by atoms with Crippen LogP contribution in [0.2, 0.25) is 0 Å². The molecule has 0 aromatic heterocycles. The van der Waals surface area contributed by atoms with Crippen LogP contribution in [0.25, 0.3) is 0 Å². The monoisotopic (exact) mass is 222 g/mol. The van der Waals surface area contributed by atoms with Gasteiger partial charge < -0.3 is 5.32 Å². The molecule has 0 saturated heterocycles. The Labute approximate surface area is 100 Å². The molecule has 1 rings (SSSR count). The molecule has 1 atom stereocenters. The maximum absolute atomic E-state index is 9.12. The second kappa shape index (κ2) is 5.68. The lowest BCUT2D eigenvalue weighted by Gasteiger charge is -2.38. The van der Waals surface area contributed by atoms with E-state index in [2.05, 4.69) is 39.1 Å². The maximum Gasteiger partial charge on any atom is 0.0981 e. The van der Waals surface area contributed by atoms with Gasteiger partial charge >= 0.3 is 0 Å². The van der Waals surface area contributed by atoms with Gasteiger partial charge in [0.2, 0.25) is 0 Å². The molecule has 2 heteroatoms. The highest BCUT2D eigenvalue weighted by atomic mass is 14.9. The Balaban J connectivity index is 2.45. The SMILES string of the molecule is CCNC(C#N)C1CCC(C(C)(C)C)CC1. The van der Waals surface area contributed by atoms with E-state index in [-0.39, 0.29) is 6.04 Å². The standard InChI is InChI=1S/C14H26N2/c1-5-16-13(10-15)11-6-8-12(9-7-11)14(2,3)4/h11-13,16H,5-9H2,1-4H3. The Hall–Kier alpha value is -0.550. The first-order valence-corrected chi connectivity index (χ1v) is 6.62. The van der Waals surface area contributed by atoms with Gasteiger partial charge in [0.25, 0.3) is 0 Å². The fourth-order valence-electron chi connectivity index (χ4n) is 2.86.